The van der Waals surface area contributed by atoms with E-state index in [0.717, 1.165) is 25.7 Å². The summed E-state index contributed by atoms with van der Waals surface area (Å²) in [6.07, 6.45) is 3.17. The molecule has 0 aromatic carbocycles. The lowest BCUT2D eigenvalue weighted by Gasteiger charge is -2.34. The zero-order valence-corrected chi connectivity index (χ0v) is 11.0. The Morgan fingerprint density at radius 3 is 2.58 bits per heavy atom. The third-order valence-corrected chi connectivity index (χ3v) is 4.38. The number of carbonyl (C=O) groups excluding carboxylic acids is 1. The van der Waals surface area contributed by atoms with Crippen molar-refractivity contribution in [3.05, 3.63) is 0 Å². The first-order valence-corrected chi connectivity index (χ1v) is 6.96. The molecular weight excluding hydrogens is 248 g/mol. The molecule has 0 aromatic heterocycles. The molecule has 1 aliphatic heterocycles. The molecule has 1 saturated heterocycles. The Labute approximate surface area is 112 Å². The molecule has 0 radical (unpaired) electrons. The van der Waals surface area contributed by atoms with Gasteiger partial charge in [-0.3, -0.25) is 4.79 Å². The van der Waals surface area contributed by atoms with Crippen LogP contribution in [-0.2, 0) is 9.59 Å². The van der Waals surface area contributed by atoms with Crippen LogP contribution in [0, 0.1) is 11.8 Å². The lowest BCUT2D eigenvalue weighted by molar-refractivity contribution is -0.151. The van der Waals surface area contributed by atoms with Crippen LogP contribution in [0.1, 0.15) is 32.1 Å². The van der Waals surface area contributed by atoms with Gasteiger partial charge in [-0.2, -0.15) is 0 Å². The van der Waals surface area contributed by atoms with Gasteiger partial charge >= 0.3 is 5.97 Å². The molecule has 6 heteroatoms. The molecule has 1 saturated carbocycles. The number of carboxylic acids is 1. The predicted octanol–water partition coefficient (Wildman–Crippen LogP) is -0.202. The maximum Gasteiger partial charge on any atom is 0.326 e. The Morgan fingerprint density at radius 1 is 1.26 bits per heavy atom. The number of β-amino-alcohol motifs (C(OH)–C–C–N with tert-alkyl or cyclic N) is 1. The Morgan fingerprint density at radius 2 is 1.95 bits per heavy atom. The van der Waals surface area contributed by atoms with Crippen LogP contribution in [0.4, 0.5) is 0 Å². The Kier molecular flexibility index (Phi) is 4.42. The molecular formula is C13H22N2O4. The number of nitrogens with two attached hydrogens (primary N) is 1. The maximum atomic E-state index is 12.5. The fourth-order valence-electron chi connectivity index (χ4n) is 3.32. The number of aliphatic hydroxyl groups is 1. The van der Waals surface area contributed by atoms with E-state index in [1.807, 2.05) is 0 Å². The predicted molar refractivity (Wildman–Crippen MR) is 68.3 cm³/mol. The fraction of sp³-hybridized carbons (Fsp3) is 0.846. The molecule has 0 aromatic rings. The monoisotopic (exact) mass is 270 g/mol. The topological polar surface area (TPSA) is 104 Å². The van der Waals surface area contributed by atoms with Crippen LogP contribution in [0.5, 0.6) is 0 Å². The van der Waals surface area contributed by atoms with E-state index >= 15 is 0 Å². The summed E-state index contributed by atoms with van der Waals surface area (Å²) < 4.78 is 0. The third kappa shape index (κ3) is 2.90. The molecule has 2 aliphatic rings. The standard InChI is InChI=1S/C13H22N2O4/c14-6-8-3-1-2-4-10(8)12(17)15-7-9(16)5-11(15)13(18)19/h8-11,16H,1-7,14H2,(H,18,19)/t8?,9?,10?,11-/m0/s1. The van der Waals surface area contributed by atoms with Crippen molar-refractivity contribution in [3.63, 3.8) is 0 Å². The third-order valence-electron chi connectivity index (χ3n) is 4.38. The first kappa shape index (κ1) is 14.3. The molecule has 6 nitrogen and oxygen atoms in total. The molecule has 0 spiro atoms. The molecule has 1 heterocycles. The number of rotatable bonds is 3. The van der Waals surface area contributed by atoms with Crippen molar-refractivity contribution in [2.24, 2.45) is 17.6 Å². The minimum absolute atomic E-state index is 0.126. The molecule has 4 atom stereocenters. The Bertz CT molecular complexity index is 361. The summed E-state index contributed by atoms with van der Waals surface area (Å²) in [5, 5.41) is 18.7. The van der Waals surface area contributed by atoms with E-state index in [2.05, 4.69) is 0 Å². The van der Waals surface area contributed by atoms with E-state index in [4.69, 9.17) is 10.8 Å². The number of amides is 1. The Hall–Kier alpha value is -1.14. The van der Waals surface area contributed by atoms with Gasteiger partial charge in [0.15, 0.2) is 0 Å². The van der Waals surface area contributed by atoms with E-state index < -0.39 is 18.1 Å². The number of nitrogens with zero attached hydrogens (tertiary/aromatic N) is 1. The number of likely N-dealkylation sites (tertiary alicyclic amines) is 1. The van der Waals surface area contributed by atoms with Gasteiger partial charge in [-0.15, -0.1) is 0 Å². The molecule has 1 aliphatic carbocycles. The summed E-state index contributed by atoms with van der Waals surface area (Å²) in [6.45, 7) is 0.591. The number of aliphatic hydroxyl groups excluding tert-OH is 1. The van der Waals surface area contributed by atoms with Crippen molar-refractivity contribution >= 4 is 11.9 Å². The van der Waals surface area contributed by atoms with Crippen LogP contribution in [0.25, 0.3) is 0 Å². The highest BCUT2D eigenvalue weighted by Crippen LogP contribution is 2.33. The lowest BCUT2D eigenvalue weighted by atomic mass is 9.78. The Balaban J connectivity index is 2.11. The van der Waals surface area contributed by atoms with Gasteiger partial charge in [0.2, 0.25) is 5.91 Å². The highest BCUT2D eigenvalue weighted by molar-refractivity contribution is 5.86. The SMILES string of the molecule is NCC1CCCCC1C(=O)N1CC(O)C[C@H]1C(=O)O. The molecule has 1 amide bonds. The minimum atomic E-state index is -1.04. The van der Waals surface area contributed by atoms with Crippen LogP contribution in [0.2, 0.25) is 0 Å². The zero-order chi connectivity index (χ0) is 14.0. The van der Waals surface area contributed by atoms with Gasteiger partial charge in [0.1, 0.15) is 6.04 Å². The average molecular weight is 270 g/mol. The molecule has 0 bridgehead atoms. The second kappa shape index (κ2) is 5.88. The van der Waals surface area contributed by atoms with Gasteiger partial charge in [0.25, 0.3) is 0 Å². The van der Waals surface area contributed by atoms with E-state index in [1.54, 1.807) is 0 Å². The molecule has 3 unspecified atom stereocenters. The van der Waals surface area contributed by atoms with Gasteiger partial charge < -0.3 is 20.8 Å². The van der Waals surface area contributed by atoms with E-state index in [9.17, 15) is 14.7 Å². The van der Waals surface area contributed by atoms with Crippen LogP contribution in [-0.4, -0.2) is 52.2 Å². The highest BCUT2D eigenvalue weighted by atomic mass is 16.4. The van der Waals surface area contributed by atoms with Crippen LogP contribution in [0.3, 0.4) is 0 Å². The first-order valence-electron chi connectivity index (χ1n) is 6.96. The number of carbonyl (C=O) groups is 2. The van der Waals surface area contributed by atoms with E-state index in [0.29, 0.717) is 6.54 Å². The summed E-state index contributed by atoms with van der Waals surface area (Å²) in [5.41, 5.74) is 5.72. The van der Waals surface area contributed by atoms with Gasteiger partial charge in [-0.05, 0) is 25.3 Å². The summed E-state index contributed by atoms with van der Waals surface area (Å²) in [6, 6.07) is -0.886. The number of hydrogen-bond donors (Lipinski definition) is 3. The van der Waals surface area contributed by atoms with E-state index in [1.165, 1.54) is 4.90 Å². The van der Waals surface area contributed by atoms with Gasteiger partial charge in [-0.25, -0.2) is 4.79 Å². The summed E-state index contributed by atoms with van der Waals surface area (Å²) in [7, 11) is 0. The smallest absolute Gasteiger partial charge is 0.326 e. The average Bonchev–Trinajstić information content (AvgIpc) is 2.80. The van der Waals surface area contributed by atoms with Crippen LogP contribution >= 0.6 is 0 Å². The second-order valence-electron chi connectivity index (χ2n) is 5.62. The quantitative estimate of drug-likeness (QED) is 0.658. The second-order valence-corrected chi connectivity index (χ2v) is 5.62. The molecule has 4 N–H and O–H groups in total. The molecule has 108 valence electrons. The van der Waals surface area contributed by atoms with Crippen molar-refractivity contribution in [1.29, 1.82) is 0 Å². The van der Waals surface area contributed by atoms with Crippen LogP contribution in [0.15, 0.2) is 0 Å². The van der Waals surface area contributed by atoms with Crippen molar-refractivity contribution < 1.29 is 19.8 Å². The summed E-state index contributed by atoms with van der Waals surface area (Å²) in [5.74, 6) is -1.21. The molecule has 19 heavy (non-hydrogen) atoms. The first-order chi connectivity index (χ1) is 9.04. The molecule has 2 fully saturated rings. The van der Waals surface area contributed by atoms with Gasteiger partial charge in [-0.1, -0.05) is 12.8 Å². The lowest BCUT2D eigenvalue weighted by Crippen LogP contribution is -2.47. The minimum Gasteiger partial charge on any atom is -0.480 e. The number of aliphatic carboxylic acids is 1. The summed E-state index contributed by atoms with van der Waals surface area (Å²) >= 11 is 0. The van der Waals surface area contributed by atoms with Crippen molar-refractivity contribution in [2.45, 2.75) is 44.2 Å². The maximum absolute atomic E-state index is 12.5. The molecule has 2 rings (SSSR count). The largest absolute Gasteiger partial charge is 0.480 e. The van der Waals surface area contributed by atoms with Gasteiger partial charge in [0.05, 0.1) is 6.10 Å². The van der Waals surface area contributed by atoms with Gasteiger partial charge in [0, 0.05) is 18.9 Å². The fourth-order valence-corrected chi connectivity index (χ4v) is 3.32. The van der Waals surface area contributed by atoms with Crippen molar-refractivity contribution in [2.75, 3.05) is 13.1 Å². The normalized spacial score (nSPS) is 35.4. The number of carboxylic acid groups (broad SMARTS) is 1. The van der Waals surface area contributed by atoms with Crippen molar-refractivity contribution in [1.82, 2.24) is 4.90 Å². The van der Waals surface area contributed by atoms with Crippen molar-refractivity contribution in [3.8, 4) is 0 Å². The zero-order valence-electron chi connectivity index (χ0n) is 11.0. The summed E-state index contributed by atoms with van der Waals surface area (Å²) in [4.78, 5) is 25.0. The van der Waals surface area contributed by atoms with Crippen LogP contribution < -0.4 is 5.73 Å². The van der Waals surface area contributed by atoms with E-state index in [-0.39, 0.29) is 30.7 Å². The number of hydrogen-bond acceptors (Lipinski definition) is 4. The highest BCUT2D eigenvalue weighted by Gasteiger charge is 2.43.